The van der Waals surface area contributed by atoms with E-state index in [-0.39, 0.29) is 5.88 Å². The Morgan fingerprint density at radius 1 is 1.28 bits per heavy atom. The van der Waals surface area contributed by atoms with Crippen LogP contribution in [0.3, 0.4) is 0 Å². The minimum atomic E-state index is 0.275. The van der Waals surface area contributed by atoms with E-state index >= 15 is 0 Å². The van der Waals surface area contributed by atoms with Crippen molar-refractivity contribution in [2.24, 2.45) is 0 Å². The molecule has 0 saturated carbocycles. The Kier molecular flexibility index (Phi) is 2.53. The maximum Gasteiger partial charge on any atom is 0.222 e. The van der Waals surface area contributed by atoms with Gasteiger partial charge in [0.05, 0.1) is 10.7 Å². The van der Waals surface area contributed by atoms with Gasteiger partial charge in [-0.05, 0) is 18.2 Å². The van der Waals surface area contributed by atoms with Crippen LogP contribution in [0.2, 0.25) is 5.02 Å². The molecule has 0 bridgehead atoms. The van der Waals surface area contributed by atoms with E-state index in [4.69, 9.17) is 21.9 Å². The summed E-state index contributed by atoms with van der Waals surface area (Å²) in [7, 11) is 0. The molecular weight excluding hydrogens is 252 g/mol. The maximum atomic E-state index is 6.23. The van der Waals surface area contributed by atoms with Gasteiger partial charge in [-0.2, -0.15) is 5.10 Å². The van der Waals surface area contributed by atoms with Gasteiger partial charge in [-0.25, -0.2) is 4.68 Å². The van der Waals surface area contributed by atoms with Gasteiger partial charge in [-0.3, -0.25) is 0 Å². The lowest BCUT2D eigenvalue weighted by atomic mass is 10.1. The predicted octanol–water partition coefficient (Wildman–Crippen LogP) is 2.76. The minimum Gasteiger partial charge on any atom is -0.368 e. The Hall–Kier alpha value is -2.27. The van der Waals surface area contributed by atoms with E-state index in [1.807, 2.05) is 24.4 Å². The SMILES string of the molecule is Nc1cc(-c2ccc(-n3cccn3)c(Cl)c2)no1. The summed E-state index contributed by atoms with van der Waals surface area (Å²) < 4.78 is 6.53. The van der Waals surface area contributed by atoms with Gasteiger partial charge in [0.2, 0.25) is 5.88 Å². The lowest BCUT2D eigenvalue weighted by Gasteiger charge is -2.05. The fourth-order valence-corrected chi connectivity index (χ4v) is 1.96. The summed E-state index contributed by atoms with van der Waals surface area (Å²) in [5.74, 6) is 0.275. The second kappa shape index (κ2) is 4.19. The summed E-state index contributed by atoms with van der Waals surface area (Å²) in [6, 6.07) is 9.05. The van der Waals surface area contributed by atoms with Crippen molar-refractivity contribution in [1.82, 2.24) is 14.9 Å². The summed E-state index contributed by atoms with van der Waals surface area (Å²) >= 11 is 6.23. The Bertz CT molecular complexity index is 675. The van der Waals surface area contributed by atoms with Crippen molar-refractivity contribution in [2.75, 3.05) is 5.73 Å². The van der Waals surface area contributed by atoms with E-state index < -0.39 is 0 Å². The first-order chi connectivity index (χ1) is 8.74. The molecule has 6 heteroatoms. The Morgan fingerprint density at radius 3 is 2.78 bits per heavy atom. The molecule has 2 aromatic heterocycles. The molecule has 0 amide bonds. The van der Waals surface area contributed by atoms with Crippen molar-refractivity contribution < 1.29 is 4.52 Å². The molecule has 0 unspecified atom stereocenters. The van der Waals surface area contributed by atoms with Crippen LogP contribution >= 0.6 is 11.6 Å². The average Bonchev–Trinajstić information content (AvgIpc) is 2.99. The topological polar surface area (TPSA) is 69.9 Å². The normalized spacial score (nSPS) is 10.7. The van der Waals surface area contributed by atoms with Gasteiger partial charge in [0.1, 0.15) is 5.69 Å². The van der Waals surface area contributed by atoms with Crippen LogP contribution in [0.4, 0.5) is 5.88 Å². The lowest BCUT2D eigenvalue weighted by molar-refractivity contribution is 0.439. The van der Waals surface area contributed by atoms with Crippen LogP contribution in [-0.2, 0) is 0 Å². The van der Waals surface area contributed by atoms with Gasteiger partial charge in [-0.15, -0.1) is 0 Å². The molecule has 0 aliphatic heterocycles. The van der Waals surface area contributed by atoms with Crippen LogP contribution in [-0.4, -0.2) is 14.9 Å². The molecule has 3 rings (SSSR count). The van der Waals surface area contributed by atoms with Crippen molar-refractivity contribution in [1.29, 1.82) is 0 Å². The fraction of sp³-hybridized carbons (Fsp3) is 0. The zero-order valence-corrected chi connectivity index (χ0v) is 10.0. The van der Waals surface area contributed by atoms with E-state index in [2.05, 4.69) is 10.3 Å². The summed E-state index contributed by atoms with van der Waals surface area (Å²) in [5, 5.41) is 8.55. The number of hydrogen-bond acceptors (Lipinski definition) is 4. The number of halogens is 1. The minimum absolute atomic E-state index is 0.275. The average molecular weight is 261 g/mol. The highest BCUT2D eigenvalue weighted by atomic mass is 35.5. The molecule has 0 atom stereocenters. The van der Waals surface area contributed by atoms with Crippen LogP contribution in [0.5, 0.6) is 0 Å². The van der Waals surface area contributed by atoms with Crippen molar-refractivity contribution in [3.8, 4) is 16.9 Å². The molecular formula is C12H9ClN4O. The molecule has 18 heavy (non-hydrogen) atoms. The number of nitrogen functional groups attached to an aromatic ring is 1. The molecule has 0 fully saturated rings. The van der Waals surface area contributed by atoms with Gasteiger partial charge in [0, 0.05) is 24.0 Å². The zero-order chi connectivity index (χ0) is 12.5. The monoisotopic (exact) mass is 260 g/mol. The number of hydrogen-bond donors (Lipinski definition) is 1. The van der Waals surface area contributed by atoms with Crippen molar-refractivity contribution in [3.05, 3.63) is 47.7 Å². The third-order valence-electron chi connectivity index (χ3n) is 2.52. The number of anilines is 1. The molecule has 5 nitrogen and oxygen atoms in total. The van der Waals surface area contributed by atoms with E-state index in [1.54, 1.807) is 23.0 Å². The first-order valence-electron chi connectivity index (χ1n) is 5.26. The van der Waals surface area contributed by atoms with E-state index in [9.17, 15) is 0 Å². The summed E-state index contributed by atoms with van der Waals surface area (Å²) in [6.07, 6.45) is 3.53. The van der Waals surface area contributed by atoms with E-state index in [0.717, 1.165) is 11.3 Å². The molecule has 3 aromatic rings. The van der Waals surface area contributed by atoms with Crippen molar-refractivity contribution in [3.63, 3.8) is 0 Å². The first-order valence-corrected chi connectivity index (χ1v) is 5.64. The quantitative estimate of drug-likeness (QED) is 0.769. The number of rotatable bonds is 2. The molecule has 0 saturated heterocycles. The van der Waals surface area contributed by atoms with Gasteiger partial charge >= 0.3 is 0 Å². The highest BCUT2D eigenvalue weighted by molar-refractivity contribution is 6.32. The molecule has 90 valence electrons. The number of benzene rings is 1. The van der Waals surface area contributed by atoms with Gasteiger partial charge in [0.15, 0.2) is 0 Å². The summed E-state index contributed by atoms with van der Waals surface area (Å²) in [4.78, 5) is 0. The van der Waals surface area contributed by atoms with Crippen LogP contribution in [0.15, 0.2) is 47.2 Å². The largest absolute Gasteiger partial charge is 0.368 e. The Balaban J connectivity index is 2.04. The maximum absolute atomic E-state index is 6.23. The third-order valence-corrected chi connectivity index (χ3v) is 2.83. The first kappa shape index (κ1) is 10.9. The van der Waals surface area contributed by atoms with Crippen LogP contribution in [0.1, 0.15) is 0 Å². The highest BCUT2D eigenvalue weighted by Crippen LogP contribution is 2.27. The molecule has 2 N–H and O–H groups in total. The Labute approximate surface area is 108 Å². The molecule has 0 radical (unpaired) electrons. The number of nitrogens with zero attached hydrogens (tertiary/aromatic N) is 3. The van der Waals surface area contributed by atoms with Gasteiger partial charge < -0.3 is 10.3 Å². The predicted molar refractivity (Wildman–Crippen MR) is 68.5 cm³/mol. The third kappa shape index (κ3) is 1.84. The standard InChI is InChI=1S/C12H9ClN4O/c13-9-6-8(10-7-12(14)18-16-10)2-3-11(9)17-5-1-4-15-17/h1-7H,14H2. The highest BCUT2D eigenvalue weighted by Gasteiger charge is 2.08. The van der Waals surface area contributed by atoms with Crippen LogP contribution < -0.4 is 5.73 Å². The number of aromatic nitrogens is 3. The molecule has 2 heterocycles. The van der Waals surface area contributed by atoms with Crippen molar-refractivity contribution in [2.45, 2.75) is 0 Å². The molecule has 0 aliphatic rings. The second-order valence-corrected chi connectivity index (χ2v) is 4.14. The molecule has 1 aromatic carbocycles. The van der Waals surface area contributed by atoms with Crippen LogP contribution in [0, 0.1) is 0 Å². The fourth-order valence-electron chi connectivity index (χ4n) is 1.69. The molecule has 0 aliphatic carbocycles. The lowest BCUT2D eigenvalue weighted by Crippen LogP contribution is -1.95. The Morgan fingerprint density at radius 2 is 2.17 bits per heavy atom. The van der Waals surface area contributed by atoms with Crippen molar-refractivity contribution >= 4 is 17.5 Å². The molecule has 0 spiro atoms. The summed E-state index contributed by atoms with van der Waals surface area (Å²) in [6.45, 7) is 0. The summed E-state index contributed by atoms with van der Waals surface area (Å²) in [5.41, 5.74) is 7.79. The van der Waals surface area contributed by atoms with E-state index in [1.165, 1.54) is 0 Å². The van der Waals surface area contributed by atoms with Gasteiger partial charge in [0.25, 0.3) is 0 Å². The van der Waals surface area contributed by atoms with E-state index in [0.29, 0.717) is 10.7 Å². The van der Waals surface area contributed by atoms with Gasteiger partial charge in [-0.1, -0.05) is 22.8 Å². The van der Waals surface area contributed by atoms with Crippen LogP contribution in [0.25, 0.3) is 16.9 Å². The smallest absolute Gasteiger partial charge is 0.222 e. The number of nitrogens with two attached hydrogens (primary N) is 1. The zero-order valence-electron chi connectivity index (χ0n) is 9.25. The second-order valence-electron chi connectivity index (χ2n) is 3.73.